The van der Waals surface area contributed by atoms with Gasteiger partial charge in [0.15, 0.2) is 0 Å². The molecule has 0 aliphatic carbocycles. The number of rotatable bonds is 3. The summed E-state index contributed by atoms with van der Waals surface area (Å²) in [7, 11) is 4.05. The van der Waals surface area contributed by atoms with Crippen LogP contribution in [0.15, 0.2) is 6.33 Å². The van der Waals surface area contributed by atoms with Crippen molar-refractivity contribution in [1.29, 1.82) is 0 Å². The highest BCUT2D eigenvalue weighted by atomic mass is 15.2. The maximum atomic E-state index is 4.33. The normalized spacial score (nSPS) is 21.2. The second-order valence-electron chi connectivity index (χ2n) is 4.69. The van der Waals surface area contributed by atoms with Crippen molar-refractivity contribution >= 4 is 11.6 Å². The molecule has 5 nitrogen and oxygen atoms in total. The quantitative estimate of drug-likeness (QED) is 0.828. The molecule has 0 saturated carbocycles. The predicted molar refractivity (Wildman–Crippen MR) is 70.5 cm³/mol. The Morgan fingerprint density at radius 2 is 2.12 bits per heavy atom. The highest BCUT2D eigenvalue weighted by molar-refractivity contribution is 5.56. The van der Waals surface area contributed by atoms with Crippen molar-refractivity contribution in [2.75, 3.05) is 37.8 Å². The minimum absolute atomic E-state index is 0.493. The standard InChI is InChI=1S/C12H21N5/c1-9-11(13-2)14-8-15-12(9)16-10-5-4-6-17(3)7-10/h8,10H,4-7H2,1-3H3,(H2,13,14,15,16). The van der Waals surface area contributed by atoms with Crippen LogP contribution in [0.3, 0.4) is 0 Å². The van der Waals surface area contributed by atoms with Crippen LogP contribution in [0, 0.1) is 6.92 Å². The highest BCUT2D eigenvalue weighted by Crippen LogP contribution is 2.20. The monoisotopic (exact) mass is 235 g/mol. The van der Waals surface area contributed by atoms with Gasteiger partial charge >= 0.3 is 0 Å². The molecule has 1 aliphatic rings. The van der Waals surface area contributed by atoms with Crippen molar-refractivity contribution in [2.45, 2.75) is 25.8 Å². The van der Waals surface area contributed by atoms with Gasteiger partial charge in [0.2, 0.25) is 0 Å². The number of likely N-dealkylation sites (N-methyl/N-ethyl adjacent to an activating group) is 1. The van der Waals surface area contributed by atoms with Crippen LogP contribution in [0.4, 0.5) is 11.6 Å². The second kappa shape index (κ2) is 5.31. The topological polar surface area (TPSA) is 53.1 Å². The maximum absolute atomic E-state index is 4.33. The summed E-state index contributed by atoms with van der Waals surface area (Å²) in [6.07, 6.45) is 4.06. The van der Waals surface area contributed by atoms with Crippen molar-refractivity contribution in [3.8, 4) is 0 Å². The number of likely N-dealkylation sites (tertiary alicyclic amines) is 1. The Balaban J connectivity index is 2.07. The number of hydrogen-bond donors (Lipinski definition) is 2. The number of anilines is 2. The Hall–Kier alpha value is -1.36. The van der Waals surface area contributed by atoms with Gasteiger partial charge in [-0.2, -0.15) is 0 Å². The highest BCUT2D eigenvalue weighted by Gasteiger charge is 2.18. The van der Waals surface area contributed by atoms with Crippen LogP contribution in [0.2, 0.25) is 0 Å². The number of aromatic nitrogens is 2. The molecule has 2 rings (SSSR count). The summed E-state index contributed by atoms with van der Waals surface area (Å²) in [6.45, 7) is 4.32. The molecule has 1 atom stereocenters. The van der Waals surface area contributed by atoms with Crippen LogP contribution in [-0.4, -0.2) is 48.1 Å². The van der Waals surface area contributed by atoms with Crippen LogP contribution in [0.5, 0.6) is 0 Å². The van der Waals surface area contributed by atoms with Gasteiger partial charge in [0, 0.05) is 25.2 Å². The minimum atomic E-state index is 0.493. The van der Waals surface area contributed by atoms with E-state index in [4.69, 9.17) is 0 Å². The van der Waals surface area contributed by atoms with E-state index in [0.29, 0.717) is 6.04 Å². The van der Waals surface area contributed by atoms with Gasteiger partial charge in [0.05, 0.1) is 0 Å². The molecule has 1 aliphatic heterocycles. The number of nitrogens with zero attached hydrogens (tertiary/aromatic N) is 3. The fourth-order valence-electron chi connectivity index (χ4n) is 2.33. The van der Waals surface area contributed by atoms with E-state index in [1.807, 2.05) is 14.0 Å². The van der Waals surface area contributed by atoms with Crippen molar-refractivity contribution in [3.05, 3.63) is 11.9 Å². The average Bonchev–Trinajstić information content (AvgIpc) is 2.32. The molecule has 1 fully saturated rings. The molecular weight excluding hydrogens is 214 g/mol. The van der Waals surface area contributed by atoms with Crippen LogP contribution in [-0.2, 0) is 0 Å². The first-order valence-electron chi connectivity index (χ1n) is 6.15. The van der Waals surface area contributed by atoms with Crippen molar-refractivity contribution in [3.63, 3.8) is 0 Å². The molecule has 0 aromatic carbocycles. The molecule has 1 saturated heterocycles. The molecule has 1 aromatic rings. The van der Waals surface area contributed by atoms with E-state index in [2.05, 4.69) is 32.5 Å². The van der Waals surface area contributed by atoms with Gasteiger partial charge in [-0.05, 0) is 33.4 Å². The molecule has 0 radical (unpaired) electrons. The molecule has 2 N–H and O–H groups in total. The third-order valence-electron chi connectivity index (χ3n) is 3.29. The van der Waals surface area contributed by atoms with Gasteiger partial charge < -0.3 is 15.5 Å². The number of piperidine rings is 1. The molecule has 1 unspecified atom stereocenters. The second-order valence-corrected chi connectivity index (χ2v) is 4.69. The smallest absolute Gasteiger partial charge is 0.134 e. The summed E-state index contributed by atoms with van der Waals surface area (Å²) in [6, 6.07) is 0.493. The molecule has 0 amide bonds. The molecule has 0 spiro atoms. The molecule has 94 valence electrons. The first kappa shape index (κ1) is 12.1. The first-order valence-corrected chi connectivity index (χ1v) is 6.15. The SMILES string of the molecule is CNc1ncnc(NC2CCCN(C)C2)c1C. The first-order chi connectivity index (χ1) is 8.20. The fraction of sp³-hybridized carbons (Fsp3) is 0.667. The maximum Gasteiger partial charge on any atom is 0.134 e. The van der Waals surface area contributed by atoms with Crippen LogP contribution in [0.1, 0.15) is 18.4 Å². The summed E-state index contributed by atoms with van der Waals surface area (Å²) in [5, 5.41) is 6.60. The third-order valence-corrected chi connectivity index (χ3v) is 3.29. The molecule has 1 aromatic heterocycles. The Labute approximate surface area is 103 Å². The van der Waals surface area contributed by atoms with E-state index in [1.165, 1.54) is 19.4 Å². The van der Waals surface area contributed by atoms with Gasteiger partial charge in [-0.25, -0.2) is 9.97 Å². The van der Waals surface area contributed by atoms with Crippen molar-refractivity contribution in [1.82, 2.24) is 14.9 Å². The van der Waals surface area contributed by atoms with Crippen LogP contribution < -0.4 is 10.6 Å². The Bertz CT molecular complexity index is 379. The molecule has 2 heterocycles. The van der Waals surface area contributed by atoms with Crippen LogP contribution >= 0.6 is 0 Å². The summed E-state index contributed by atoms with van der Waals surface area (Å²) in [5.74, 6) is 1.84. The lowest BCUT2D eigenvalue weighted by molar-refractivity contribution is 0.260. The molecule has 0 bridgehead atoms. The van der Waals surface area contributed by atoms with E-state index in [9.17, 15) is 0 Å². The Kier molecular flexibility index (Phi) is 3.78. The van der Waals surface area contributed by atoms with Crippen molar-refractivity contribution in [2.24, 2.45) is 0 Å². The van der Waals surface area contributed by atoms with E-state index in [0.717, 1.165) is 23.7 Å². The van der Waals surface area contributed by atoms with E-state index in [-0.39, 0.29) is 0 Å². The number of hydrogen-bond acceptors (Lipinski definition) is 5. The predicted octanol–water partition coefficient (Wildman–Crippen LogP) is 1.33. The fourth-order valence-corrected chi connectivity index (χ4v) is 2.33. The third kappa shape index (κ3) is 2.85. The van der Waals surface area contributed by atoms with E-state index >= 15 is 0 Å². The summed E-state index contributed by atoms with van der Waals surface area (Å²) in [5.41, 5.74) is 1.09. The number of nitrogens with one attached hydrogen (secondary N) is 2. The van der Waals surface area contributed by atoms with Gasteiger partial charge in [-0.15, -0.1) is 0 Å². The molecular formula is C12H21N5. The van der Waals surface area contributed by atoms with E-state index in [1.54, 1.807) is 6.33 Å². The molecule has 5 heteroatoms. The Morgan fingerprint density at radius 3 is 2.82 bits per heavy atom. The zero-order valence-corrected chi connectivity index (χ0v) is 10.8. The van der Waals surface area contributed by atoms with Gasteiger partial charge in [-0.1, -0.05) is 0 Å². The van der Waals surface area contributed by atoms with Gasteiger partial charge in [-0.3, -0.25) is 0 Å². The minimum Gasteiger partial charge on any atom is -0.373 e. The largest absolute Gasteiger partial charge is 0.373 e. The lowest BCUT2D eigenvalue weighted by Crippen LogP contribution is -2.40. The lowest BCUT2D eigenvalue weighted by atomic mass is 10.1. The Morgan fingerprint density at radius 1 is 1.35 bits per heavy atom. The van der Waals surface area contributed by atoms with Gasteiger partial charge in [0.25, 0.3) is 0 Å². The average molecular weight is 235 g/mol. The van der Waals surface area contributed by atoms with Crippen molar-refractivity contribution < 1.29 is 0 Å². The van der Waals surface area contributed by atoms with E-state index < -0.39 is 0 Å². The van der Waals surface area contributed by atoms with Gasteiger partial charge in [0.1, 0.15) is 18.0 Å². The summed E-state index contributed by atoms with van der Waals surface area (Å²) < 4.78 is 0. The summed E-state index contributed by atoms with van der Waals surface area (Å²) >= 11 is 0. The molecule has 17 heavy (non-hydrogen) atoms. The zero-order chi connectivity index (χ0) is 12.3. The van der Waals surface area contributed by atoms with Crippen LogP contribution in [0.25, 0.3) is 0 Å². The summed E-state index contributed by atoms with van der Waals surface area (Å²) in [4.78, 5) is 10.9. The zero-order valence-electron chi connectivity index (χ0n) is 10.8. The lowest BCUT2D eigenvalue weighted by Gasteiger charge is -2.30.